The van der Waals surface area contributed by atoms with Crippen LogP contribution in [-0.4, -0.2) is 38.0 Å². The number of amides is 1. The molecule has 31 heavy (non-hydrogen) atoms. The molecule has 0 bridgehead atoms. The monoisotopic (exact) mass is 464 g/mol. The average Bonchev–Trinajstić information content (AvgIpc) is 2.70. The van der Waals surface area contributed by atoms with Gasteiger partial charge >= 0.3 is 5.97 Å². The number of sulfonamides is 1. The highest BCUT2D eigenvalue weighted by atomic mass is 35.5. The molecular weight excluding hydrogens is 440 g/mol. The first-order valence-electron chi connectivity index (χ1n) is 10.1. The van der Waals surface area contributed by atoms with Crippen LogP contribution in [0.25, 0.3) is 0 Å². The van der Waals surface area contributed by atoms with E-state index in [1.807, 2.05) is 18.2 Å². The molecule has 1 atom stereocenters. The molecule has 1 aliphatic rings. The largest absolute Gasteiger partial charge is 0.481 e. The molecule has 1 amide bonds. The molecule has 0 heterocycles. The molecule has 0 saturated heterocycles. The molecule has 0 saturated carbocycles. The summed E-state index contributed by atoms with van der Waals surface area (Å²) < 4.78 is 28.1. The van der Waals surface area contributed by atoms with Crippen molar-refractivity contribution in [3.63, 3.8) is 0 Å². The van der Waals surface area contributed by atoms with Crippen LogP contribution in [0.3, 0.4) is 0 Å². The number of nitrogens with zero attached hydrogens (tertiary/aromatic N) is 1. The van der Waals surface area contributed by atoms with Gasteiger partial charge in [0.2, 0.25) is 15.9 Å². The third-order valence-electron chi connectivity index (χ3n) is 5.33. The van der Waals surface area contributed by atoms with Gasteiger partial charge in [-0.1, -0.05) is 17.7 Å². The number of aryl methyl sites for hydroxylation is 1. The van der Waals surface area contributed by atoms with Gasteiger partial charge in [0.05, 0.1) is 4.90 Å². The Hall–Kier alpha value is -2.42. The van der Waals surface area contributed by atoms with E-state index in [4.69, 9.17) is 16.7 Å². The lowest BCUT2D eigenvalue weighted by atomic mass is 9.88. The Kier molecular flexibility index (Phi) is 7.35. The van der Waals surface area contributed by atoms with Crippen LogP contribution in [0.1, 0.15) is 37.3 Å². The standard InChI is InChI=1S/C22H25ClN2O5S/c1-15(26)25(12-2-3-22(27)28)20-9-5-16-13-19(8-4-17(16)14-20)24-31(29,30)21-10-6-18(23)7-11-21/h5-7,9-11,14,19,24H,2-4,8,12-13H2,1H3,(H,27,28). The molecule has 0 spiro atoms. The summed E-state index contributed by atoms with van der Waals surface area (Å²) in [4.78, 5) is 24.6. The van der Waals surface area contributed by atoms with Crippen LogP contribution in [0.15, 0.2) is 47.4 Å². The first-order valence-corrected chi connectivity index (χ1v) is 11.9. The summed E-state index contributed by atoms with van der Waals surface area (Å²) in [6, 6.07) is 11.5. The second-order valence-corrected chi connectivity index (χ2v) is 9.79. The number of hydrogen-bond donors (Lipinski definition) is 2. The number of fused-ring (bicyclic) bond motifs is 1. The summed E-state index contributed by atoms with van der Waals surface area (Å²) >= 11 is 5.84. The lowest BCUT2D eigenvalue weighted by molar-refractivity contribution is -0.137. The van der Waals surface area contributed by atoms with Gasteiger partial charge in [0.15, 0.2) is 0 Å². The summed E-state index contributed by atoms with van der Waals surface area (Å²) in [6.07, 6.45) is 2.26. The number of anilines is 1. The molecule has 2 N–H and O–H groups in total. The van der Waals surface area contributed by atoms with Crippen LogP contribution in [0, 0.1) is 0 Å². The van der Waals surface area contributed by atoms with Crippen molar-refractivity contribution in [3.8, 4) is 0 Å². The van der Waals surface area contributed by atoms with Crippen LogP contribution >= 0.6 is 11.6 Å². The first kappa shape index (κ1) is 23.2. The fraction of sp³-hybridized carbons (Fsp3) is 0.364. The Morgan fingerprint density at radius 1 is 1.16 bits per heavy atom. The summed E-state index contributed by atoms with van der Waals surface area (Å²) in [5.41, 5.74) is 2.84. The van der Waals surface area contributed by atoms with Crippen molar-refractivity contribution in [2.75, 3.05) is 11.4 Å². The molecule has 2 aromatic carbocycles. The number of benzene rings is 2. The van der Waals surface area contributed by atoms with E-state index in [-0.39, 0.29) is 23.3 Å². The lowest BCUT2D eigenvalue weighted by Crippen LogP contribution is -2.39. The number of carboxylic acids is 1. The van der Waals surface area contributed by atoms with E-state index in [1.54, 1.807) is 17.0 Å². The number of rotatable bonds is 8. The van der Waals surface area contributed by atoms with E-state index in [9.17, 15) is 18.0 Å². The minimum atomic E-state index is -3.64. The third kappa shape index (κ3) is 6.06. The van der Waals surface area contributed by atoms with Crippen molar-refractivity contribution in [1.29, 1.82) is 0 Å². The quantitative estimate of drug-likeness (QED) is 0.623. The Bertz CT molecular complexity index is 1070. The molecule has 9 heteroatoms. The van der Waals surface area contributed by atoms with Gasteiger partial charge < -0.3 is 10.0 Å². The molecule has 7 nitrogen and oxygen atoms in total. The van der Waals surface area contributed by atoms with Gasteiger partial charge in [-0.25, -0.2) is 13.1 Å². The Labute approximate surface area is 187 Å². The van der Waals surface area contributed by atoms with E-state index in [0.29, 0.717) is 37.3 Å². The minimum absolute atomic E-state index is 0.00413. The summed E-state index contributed by atoms with van der Waals surface area (Å²) in [5.74, 6) is -1.03. The fourth-order valence-corrected chi connectivity index (χ4v) is 5.16. The maximum atomic E-state index is 12.7. The predicted molar refractivity (Wildman–Crippen MR) is 119 cm³/mol. The van der Waals surface area contributed by atoms with E-state index in [2.05, 4.69) is 4.72 Å². The maximum absolute atomic E-state index is 12.7. The second kappa shape index (κ2) is 9.80. The van der Waals surface area contributed by atoms with E-state index >= 15 is 0 Å². The number of hydrogen-bond acceptors (Lipinski definition) is 4. The number of nitrogens with one attached hydrogen (secondary N) is 1. The number of aliphatic carboxylic acids is 1. The van der Waals surface area contributed by atoms with Gasteiger partial charge in [0, 0.05) is 36.6 Å². The van der Waals surface area contributed by atoms with Gasteiger partial charge in [0.1, 0.15) is 0 Å². The normalized spacial score (nSPS) is 15.9. The number of halogens is 1. The summed E-state index contributed by atoms with van der Waals surface area (Å²) in [5, 5.41) is 9.30. The highest BCUT2D eigenvalue weighted by molar-refractivity contribution is 7.89. The first-order chi connectivity index (χ1) is 14.7. The highest BCUT2D eigenvalue weighted by Crippen LogP contribution is 2.28. The molecule has 3 rings (SSSR count). The van der Waals surface area contributed by atoms with Gasteiger partial charge in [-0.2, -0.15) is 0 Å². The predicted octanol–water partition coefficient (Wildman–Crippen LogP) is 3.39. The van der Waals surface area contributed by atoms with Crippen LogP contribution in [0.5, 0.6) is 0 Å². The average molecular weight is 465 g/mol. The van der Waals surface area contributed by atoms with Gasteiger partial charge in [-0.3, -0.25) is 9.59 Å². The number of carbonyl (C=O) groups is 2. The summed E-state index contributed by atoms with van der Waals surface area (Å²) in [6.45, 7) is 1.80. The number of carbonyl (C=O) groups excluding carboxylic acids is 1. The van der Waals surface area contributed by atoms with Crippen molar-refractivity contribution in [3.05, 3.63) is 58.6 Å². The SMILES string of the molecule is CC(=O)N(CCCC(=O)O)c1ccc2c(c1)CCC(NS(=O)(=O)c1ccc(Cl)cc1)C2. The second-order valence-electron chi connectivity index (χ2n) is 7.64. The molecule has 0 fully saturated rings. The third-order valence-corrected chi connectivity index (χ3v) is 7.12. The molecule has 2 aromatic rings. The Morgan fingerprint density at radius 3 is 2.52 bits per heavy atom. The molecular formula is C22H25ClN2O5S. The molecule has 0 radical (unpaired) electrons. The van der Waals surface area contributed by atoms with Gasteiger partial charge in [-0.15, -0.1) is 0 Å². The zero-order valence-electron chi connectivity index (χ0n) is 17.2. The molecule has 1 unspecified atom stereocenters. The van der Waals surface area contributed by atoms with E-state index < -0.39 is 16.0 Å². The molecule has 166 valence electrons. The van der Waals surface area contributed by atoms with Gasteiger partial charge in [-0.05, 0) is 73.2 Å². The summed E-state index contributed by atoms with van der Waals surface area (Å²) in [7, 11) is -3.64. The number of carboxylic acid groups (broad SMARTS) is 1. The van der Waals surface area contributed by atoms with Crippen molar-refractivity contribution in [2.45, 2.75) is 50.0 Å². The van der Waals surface area contributed by atoms with Crippen molar-refractivity contribution in [1.82, 2.24) is 4.72 Å². The van der Waals surface area contributed by atoms with Crippen molar-refractivity contribution < 1.29 is 23.1 Å². The van der Waals surface area contributed by atoms with Crippen LogP contribution in [0.4, 0.5) is 5.69 Å². The van der Waals surface area contributed by atoms with E-state index in [0.717, 1.165) is 16.8 Å². The highest BCUT2D eigenvalue weighted by Gasteiger charge is 2.25. The topological polar surface area (TPSA) is 104 Å². The van der Waals surface area contributed by atoms with E-state index in [1.165, 1.54) is 19.1 Å². The van der Waals surface area contributed by atoms with Crippen molar-refractivity contribution >= 4 is 39.2 Å². The molecule has 0 aliphatic heterocycles. The fourth-order valence-electron chi connectivity index (χ4n) is 3.77. The van der Waals surface area contributed by atoms with Crippen LogP contribution < -0.4 is 9.62 Å². The minimum Gasteiger partial charge on any atom is -0.481 e. The Morgan fingerprint density at radius 2 is 1.87 bits per heavy atom. The van der Waals surface area contributed by atoms with Crippen LogP contribution in [0.2, 0.25) is 5.02 Å². The van der Waals surface area contributed by atoms with Crippen molar-refractivity contribution in [2.24, 2.45) is 0 Å². The molecule has 1 aliphatic carbocycles. The zero-order valence-corrected chi connectivity index (χ0v) is 18.7. The maximum Gasteiger partial charge on any atom is 0.303 e. The molecule has 0 aromatic heterocycles. The lowest BCUT2D eigenvalue weighted by Gasteiger charge is -2.28. The van der Waals surface area contributed by atoms with Gasteiger partial charge in [0.25, 0.3) is 0 Å². The van der Waals surface area contributed by atoms with Crippen LogP contribution in [-0.2, 0) is 32.5 Å². The smallest absolute Gasteiger partial charge is 0.303 e. The zero-order chi connectivity index (χ0) is 22.6. The Balaban J connectivity index is 1.70.